The number of furan rings is 1. The maximum absolute atomic E-state index is 11.8. The van der Waals surface area contributed by atoms with Crippen molar-refractivity contribution < 1.29 is 14.0 Å². The fourth-order valence-corrected chi connectivity index (χ4v) is 2.78. The molecule has 1 aromatic heterocycles. The van der Waals surface area contributed by atoms with Crippen LogP contribution >= 0.6 is 15.9 Å². The van der Waals surface area contributed by atoms with Crippen LogP contribution in [0.5, 0.6) is 0 Å². The van der Waals surface area contributed by atoms with Crippen LogP contribution < -0.4 is 10.6 Å². The number of rotatable bonds is 4. The molecule has 0 bridgehead atoms. The highest BCUT2D eigenvalue weighted by molar-refractivity contribution is 9.10. The maximum atomic E-state index is 11.8. The summed E-state index contributed by atoms with van der Waals surface area (Å²) in [6, 6.07) is 3.42. The van der Waals surface area contributed by atoms with Crippen LogP contribution in [-0.2, 0) is 4.79 Å². The first kappa shape index (κ1) is 15.1. The summed E-state index contributed by atoms with van der Waals surface area (Å²) in [6.45, 7) is 2.13. The monoisotopic (exact) mass is 342 g/mol. The van der Waals surface area contributed by atoms with Gasteiger partial charge in [0.25, 0.3) is 5.91 Å². The van der Waals surface area contributed by atoms with Crippen molar-refractivity contribution >= 4 is 27.7 Å². The average molecular weight is 343 g/mol. The van der Waals surface area contributed by atoms with Crippen molar-refractivity contribution in [3.8, 4) is 0 Å². The van der Waals surface area contributed by atoms with Gasteiger partial charge in [-0.05, 0) is 46.8 Å². The van der Waals surface area contributed by atoms with Gasteiger partial charge >= 0.3 is 0 Å². The third-order valence-corrected chi connectivity index (χ3v) is 4.09. The number of carbonyl (C=O) groups is 2. The molecule has 2 N–H and O–H groups in total. The van der Waals surface area contributed by atoms with E-state index < -0.39 is 0 Å². The minimum absolute atomic E-state index is 0.0274. The van der Waals surface area contributed by atoms with Crippen LogP contribution in [0.25, 0.3) is 0 Å². The summed E-state index contributed by atoms with van der Waals surface area (Å²) < 4.78 is 5.61. The second-order valence-electron chi connectivity index (χ2n) is 5.22. The van der Waals surface area contributed by atoms with E-state index in [1.165, 1.54) is 6.42 Å². The lowest BCUT2D eigenvalue weighted by Gasteiger charge is -2.29. The van der Waals surface area contributed by atoms with Crippen molar-refractivity contribution in [1.29, 1.82) is 0 Å². The van der Waals surface area contributed by atoms with Gasteiger partial charge in [-0.2, -0.15) is 0 Å². The molecule has 1 aliphatic carbocycles. The molecule has 0 spiro atoms. The number of hydrogen-bond acceptors (Lipinski definition) is 3. The van der Waals surface area contributed by atoms with Gasteiger partial charge in [0.1, 0.15) is 0 Å². The molecule has 5 nitrogen and oxygen atoms in total. The van der Waals surface area contributed by atoms with Gasteiger partial charge < -0.3 is 15.1 Å². The lowest BCUT2D eigenvalue weighted by molar-refractivity contribution is -0.121. The molecule has 110 valence electrons. The van der Waals surface area contributed by atoms with Gasteiger partial charge in [0.15, 0.2) is 10.4 Å². The van der Waals surface area contributed by atoms with Crippen LogP contribution in [0.1, 0.15) is 43.2 Å². The molecule has 2 atom stereocenters. The van der Waals surface area contributed by atoms with Crippen molar-refractivity contribution in [3.63, 3.8) is 0 Å². The Hall–Kier alpha value is -1.30. The molecule has 0 unspecified atom stereocenters. The highest BCUT2D eigenvalue weighted by Gasteiger charge is 2.23. The summed E-state index contributed by atoms with van der Waals surface area (Å²) in [5.74, 6) is 0.158. The number of nitrogens with one attached hydrogen (secondary N) is 2. The lowest BCUT2D eigenvalue weighted by atomic mass is 9.86. The molecule has 1 aliphatic rings. The van der Waals surface area contributed by atoms with Crippen LogP contribution in [0.4, 0.5) is 0 Å². The Bertz CT molecular complexity index is 487. The van der Waals surface area contributed by atoms with Crippen molar-refractivity contribution in [3.05, 3.63) is 22.6 Å². The fraction of sp³-hybridized carbons (Fsp3) is 0.571. The first-order valence-corrected chi connectivity index (χ1v) is 7.68. The molecule has 0 saturated heterocycles. The highest BCUT2D eigenvalue weighted by Crippen LogP contribution is 2.23. The highest BCUT2D eigenvalue weighted by atomic mass is 79.9. The van der Waals surface area contributed by atoms with Gasteiger partial charge in [-0.25, -0.2) is 0 Å². The maximum Gasteiger partial charge on any atom is 0.287 e. The van der Waals surface area contributed by atoms with Crippen molar-refractivity contribution in [2.45, 2.75) is 38.6 Å². The van der Waals surface area contributed by atoms with Gasteiger partial charge in [-0.15, -0.1) is 0 Å². The van der Waals surface area contributed by atoms with Crippen molar-refractivity contribution in [1.82, 2.24) is 10.6 Å². The standard InChI is InChI=1S/C14H19BrN2O3/c1-9-4-2-3-5-10(9)17-13(18)8-16-14(19)11-6-7-12(15)20-11/h6-7,9-10H,2-5,8H2,1H3,(H,16,19)(H,17,18)/t9-,10-/m0/s1. The third kappa shape index (κ3) is 4.10. The topological polar surface area (TPSA) is 71.3 Å². The number of carbonyl (C=O) groups excluding carboxylic acids is 2. The minimum Gasteiger partial charge on any atom is -0.444 e. The van der Waals surface area contributed by atoms with Gasteiger partial charge in [-0.1, -0.05) is 19.8 Å². The lowest BCUT2D eigenvalue weighted by Crippen LogP contribution is -2.45. The smallest absolute Gasteiger partial charge is 0.287 e. The zero-order chi connectivity index (χ0) is 14.5. The summed E-state index contributed by atoms with van der Waals surface area (Å²) in [4.78, 5) is 23.5. The quantitative estimate of drug-likeness (QED) is 0.882. The molecule has 0 aliphatic heterocycles. The minimum atomic E-state index is -0.387. The number of hydrogen-bond donors (Lipinski definition) is 2. The van der Waals surface area contributed by atoms with E-state index in [1.54, 1.807) is 12.1 Å². The van der Waals surface area contributed by atoms with E-state index in [2.05, 4.69) is 33.5 Å². The Morgan fingerprint density at radius 3 is 2.75 bits per heavy atom. The summed E-state index contributed by atoms with van der Waals surface area (Å²) in [7, 11) is 0. The molecule has 2 amide bonds. The second kappa shape index (κ2) is 6.92. The van der Waals surface area contributed by atoms with Gasteiger partial charge in [0.05, 0.1) is 6.54 Å². The number of amides is 2. The van der Waals surface area contributed by atoms with E-state index in [1.807, 2.05) is 0 Å². The number of halogens is 1. The van der Waals surface area contributed by atoms with E-state index in [9.17, 15) is 9.59 Å². The molecule has 1 heterocycles. The van der Waals surface area contributed by atoms with E-state index in [0.717, 1.165) is 19.3 Å². The first-order valence-electron chi connectivity index (χ1n) is 6.89. The largest absolute Gasteiger partial charge is 0.444 e. The molecule has 0 aromatic carbocycles. The summed E-state index contributed by atoms with van der Waals surface area (Å²) in [6.07, 6.45) is 4.56. The molecule has 1 fully saturated rings. The van der Waals surface area contributed by atoms with E-state index in [0.29, 0.717) is 10.6 Å². The predicted octanol–water partition coefficient (Wildman–Crippen LogP) is 2.47. The van der Waals surface area contributed by atoms with E-state index in [4.69, 9.17) is 4.42 Å². The molecule has 2 rings (SSSR count). The predicted molar refractivity (Wildman–Crippen MR) is 78.3 cm³/mol. The fourth-order valence-electron chi connectivity index (χ4n) is 2.47. The summed E-state index contributed by atoms with van der Waals surface area (Å²) in [5.41, 5.74) is 0. The van der Waals surface area contributed by atoms with Crippen LogP contribution in [0.3, 0.4) is 0 Å². The van der Waals surface area contributed by atoms with Crippen LogP contribution in [0, 0.1) is 5.92 Å². The molecule has 1 aromatic rings. The van der Waals surface area contributed by atoms with E-state index >= 15 is 0 Å². The molecule has 0 radical (unpaired) electrons. The summed E-state index contributed by atoms with van der Waals surface area (Å²) in [5, 5.41) is 5.54. The Morgan fingerprint density at radius 1 is 1.35 bits per heavy atom. The molecule has 6 heteroatoms. The van der Waals surface area contributed by atoms with Gasteiger partial charge in [0.2, 0.25) is 5.91 Å². The molecular formula is C14H19BrN2O3. The van der Waals surface area contributed by atoms with Crippen LogP contribution in [-0.4, -0.2) is 24.4 Å². The summed E-state index contributed by atoms with van der Waals surface area (Å²) >= 11 is 3.13. The van der Waals surface area contributed by atoms with Crippen molar-refractivity contribution in [2.75, 3.05) is 6.54 Å². The molecular weight excluding hydrogens is 324 g/mol. The van der Waals surface area contributed by atoms with Crippen LogP contribution in [0.15, 0.2) is 21.2 Å². The van der Waals surface area contributed by atoms with Gasteiger partial charge in [0, 0.05) is 6.04 Å². The third-order valence-electron chi connectivity index (χ3n) is 3.66. The molecule has 1 saturated carbocycles. The zero-order valence-electron chi connectivity index (χ0n) is 11.4. The zero-order valence-corrected chi connectivity index (χ0v) is 13.0. The Balaban J connectivity index is 1.76. The van der Waals surface area contributed by atoms with Crippen LogP contribution in [0.2, 0.25) is 0 Å². The second-order valence-corrected chi connectivity index (χ2v) is 6.00. The van der Waals surface area contributed by atoms with Crippen molar-refractivity contribution in [2.24, 2.45) is 5.92 Å². The Labute approximate surface area is 126 Å². The Morgan fingerprint density at radius 2 is 2.10 bits per heavy atom. The average Bonchev–Trinajstić information content (AvgIpc) is 2.85. The SMILES string of the molecule is C[C@H]1CCCC[C@@H]1NC(=O)CNC(=O)c1ccc(Br)o1. The Kier molecular flexibility index (Phi) is 5.23. The normalized spacial score (nSPS) is 22.3. The molecule has 20 heavy (non-hydrogen) atoms. The van der Waals surface area contributed by atoms with E-state index in [-0.39, 0.29) is 30.2 Å². The first-order chi connectivity index (χ1) is 9.56. The van der Waals surface area contributed by atoms with Gasteiger partial charge in [-0.3, -0.25) is 9.59 Å².